The summed E-state index contributed by atoms with van der Waals surface area (Å²) in [4.78, 5) is 14.6. The summed E-state index contributed by atoms with van der Waals surface area (Å²) in [6.45, 7) is 7.94. The lowest BCUT2D eigenvalue weighted by atomic mass is 10.0. The van der Waals surface area contributed by atoms with Crippen LogP contribution in [0.3, 0.4) is 0 Å². The first kappa shape index (κ1) is 17.1. The summed E-state index contributed by atoms with van der Waals surface area (Å²) in [5, 5.41) is 3.41. The number of amides is 1. The van der Waals surface area contributed by atoms with E-state index in [1.54, 1.807) is 0 Å². The Balaban J connectivity index is 0.00000176. The van der Waals surface area contributed by atoms with E-state index in [1.807, 2.05) is 43.0 Å². The van der Waals surface area contributed by atoms with Crippen LogP contribution in [0.2, 0.25) is 0 Å². The van der Waals surface area contributed by atoms with Crippen LogP contribution in [0.4, 0.5) is 0 Å². The number of nitrogens with one attached hydrogen (secondary N) is 1. The van der Waals surface area contributed by atoms with Crippen LogP contribution in [0.15, 0.2) is 24.3 Å². The first-order valence-electron chi connectivity index (χ1n) is 7.86. The van der Waals surface area contributed by atoms with Gasteiger partial charge in [-0.25, -0.2) is 0 Å². The van der Waals surface area contributed by atoms with Gasteiger partial charge in [-0.2, -0.15) is 0 Å². The number of rotatable bonds is 4. The SMILES string of the molecule is CC(C)Oc1ccccc1CC(=O)N1C[C@H]2CNC[C@H]2C1.Cl. The fraction of sp³-hybridized carbons (Fsp3) is 0.588. The highest BCUT2D eigenvalue weighted by Gasteiger charge is 2.37. The lowest BCUT2D eigenvalue weighted by Gasteiger charge is -2.19. The zero-order valence-corrected chi connectivity index (χ0v) is 14.1. The van der Waals surface area contributed by atoms with Crippen molar-refractivity contribution in [2.75, 3.05) is 26.2 Å². The van der Waals surface area contributed by atoms with Crippen molar-refractivity contribution < 1.29 is 9.53 Å². The average molecular weight is 325 g/mol. The van der Waals surface area contributed by atoms with Crippen LogP contribution in [-0.2, 0) is 11.2 Å². The maximum absolute atomic E-state index is 12.5. The highest BCUT2D eigenvalue weighted by Crippen LogP contribution is 2.27. The van der Waals surface area contributed by atoms with Crippen molar-refractivity contribution in [1.29, 1.82) is 0 Å². The Labute approximate surface area is 138 Å². The summed E-state index contributed by atoms with van der Waals surface area (Å²) >= 11 is 0. The van der Waals surface area contributed by atoms with Crippen molar-refractivity contribution in [3.8, 4) is 5.75 Å². The number of hydrogen-bond donors (Lipinski definition) is 1. The maximum atomic E-state index is 12.5. The quantitative estimate of drug-likeness (QED) is 0.922. The molecule has 0 bridgehead atoms. The number of benzene rings is 1. The van der Waals surface area contributed by atoms with Crippen molar-refractivity contribution in [2.24, 2.45) is 11.8 Å². The van der Waals surface area contributed by atoms with Gasteiger partial charge >= 0.3 is 0 Å². The predicted octanol–water partition coefficient (Wildman–Crippen LogP) is 2.12. The van der Waals surface area contributed by atoms with Gasteiger partial charge in [0.2, 0.25) is 5.91 Å². The third-order valence-electron chi connectivity index (χ3n) is 4.42. The van der Waals surface area contributed by atoms with Gasteiger partial charge in [0.05, 0.1) is 12.5 Å². The topological polar surface area (TPSA) is 41.6 Å². The predicted molar refractivity (Wildman–Crippen MR) is 89.6 cm³/mol. The number of carbonyl (C=O) groups excluding carboxylic acids is 1. The smallest absolute Gasteiger partial charge is 0.227 e. The minimum absolute atomic E-state index is 0. The first-order valence-corrected chi connectivity index (χ1v) is 7.86. The lowest BCUT2D eigenvalue weighted by molar-refractivity contribution is -0.129. The molecule has 2 aliphatic rings. The molecule has 0 radical (unpaired) electrons. The molecule has 0 aliphatic carbocycles. The Bertz CT molecular complexity index is 509. The minimum atomic E-state index is 0. The van der Waals surface area contributed by atoms with E-state index in [9.17, 15) is 4.79 Å². The molecule has 1 aromatic rings. The van der Waals surface area contributed by atoms with Gasteiger partial charge in [-0.15, -0.1) is 12.4 Å². The van der Waals surface area contributed by atoms with Crippen molar-refractivity contribution in [3.05, 3.63) is 29.8 Å². The van der Waals surface area contributed by atoms with E-state index < -0.39 is 0 Å². The van der Waals surface area contributed by atoms with Crippen LogP contribution < -0.4 is 10.1 Å². The number of ether oxygens (including phenoxy) is 1. The molecule has 1 aromatic carbocycles. The molecule has 0 saturated carbocycles. The maximum Gasteiger partial charge on any atom is 0.227 e. The molecule has 1 amide bonds. The molecule has 22 heavy (non-hydrogen) atoms. The standard InChI is InChI=1S/C17H24N2O2.ClH/c1-12(2)21-16-6-4-3-5-13(16)7-17(20)19-10-14-8-18-9-15(14)11-19;/h3-6,12,14-15,18H,7-11H2,1-2H3;1H/t14-,15+;. The summed E-state index contributed by atoms with van der Waals surface area (Å²) in [7, 11) is 0. The van der Waals surface area contributed by atoms with E-state index >= 15 is 0 Å². The van der Waals surface area contributed by atoms with Gasteiger partial charge in [-0.3, -0.25) is 4.79 Å². The Morgan fingerprint density at radius 2 is 1.91 bits per heavy atom. The van der Waals surface area contributed by atoms with Crippen LogP contribution in [0.5, 0.6) is 5.75 Å². The Hall–Kier alpha value is -1.26. The molecular weight excluding hydrogens is 300 g/mol. The fourth-order valence-corrected chi connectivity index (χ4v) is 3.35. The molecule has 2 aliphatic heterocycles. The Kier molecular flexibility index (Phi) is 5.70. The third kappa shape index (κ3) is 3.73. The number of fused-ring (bicyclic) bond motifs is 1. The summed E-state index contributed by atoms with van der Waals surface area (Å²) < 4.78 is 5.80. The van der Waals surface area contributed by atoms with Crippen LogP contribution >= 0.6 is 12.4 Å². The minimum Gasteiger partial charge on any atom is -0.491 e. The van der Waals surface area contributed by atoms with Gasteiger partial charge in [-0.05, 0) is 31.7 Å². The number of para-hydroxylation sites is 1. The van der Waals surface area contributed by atoms with Crippen LogP contribution in [0, 0.1) is 11.8 Å². The number of likely N-dealkylation sites (tertiary alicyclic amines) is 1. The van der Waals surface area contributed by atoms with E-state index in [1.165, 1.54) is 0 Å². The largest absolute Gasteiger partial charge is 0.491 e. The monoisotopic (exact) mass is 324 g/mol. The average Bonchev–Trinajstić information content (AvgIpc) is 3.01. The number of halogens is 1. The van der Waals surface area contributed by atoms with Gasteiger partial charge in [0.1, 0.15) is 5.75 Å². The Morgan fingerprint density at radius 3 is 2.55 bits per heavy atom. The molecule has 0 spiro atoms. The zero-order valence-electron chi connectivity index (χ0n) is 13.2. The van der Waals surface area contributed by atoms with E-state index in [2.05, 4.69) is 5.32 Å². The van der Waals surface area contributed by atoms with Crippen molar-refractivity contribution in [2.45, 2.75) is 26.4 Å². The molecule has 4 nitrogen and oxygen atoms in total. The van der Waals surface area contributed by atoms with Gasteiger partial charge in [0.15, 0.2) is 0 Å². The number of hydrogen-bond acceptors (Lipinski definition) is 3. The molecule has 5 heteroatoms. The molecule has 2 atom stereocenters. The number of nitrogens with zero attached hydrogens (tertiary/aromatic N) is 1. The fourth-order valence-electron chi connectivity index (χ4n) is 3.35. The summed E-state index contributed by atoms with van der Waals surface area (Å²) in [6, 6.07) is 7.87. The highest BCUT2D eigenvalue weighted by molar-refractivity contribution is 5.85. The van der Waals surface area contributed by atoms with Crippen molar-refractivity contribution in [3.63, 3.8) is 0 Å². The van der Waals surface area contributed by atoms with E-state index in [-0.39, 0.29) is 24.4 Å². The second-order valence-corrected chi connectivity index (χ2v) is 6.43. The van der Waals surface area contributed by atoms with E-state index in [0.717, 1.165) is 37.5 Å². The molecule has 1 N–H and O–H groups in total. The molecule has 0 aromatic heterocycles. The second-order valence-electron chi connectivity index (χ2n) is 6.43. The lowest BCUT2D eigenvalue weighted by Crippen LogP contribution is -2.33. The number of carbonyl (C=O) groups is 1. The van der Waals surface area contributed by atoms with Gasteiger partial charge in [0, 0.05) is 31.7 Å². The van der Waals surface area contributed by atoms with Crippen LogP contribution in [-0.4, -0.2) is 43.1 Å². The summed E-state index contributed by atoms with van der Waals surface area (Å²) in [5.41, 5.74) is 0.992. The van der Waals surface area contributed by atoms with Crippen LogP contribution in [0.25, 0.3) is 0 Å². The molecule has 3 rings (SSSR count). The third-order valence-corrected chi connectivity index (χ3v) is 4.42. The highest BCUT2D eigenvalue weighted by atomic mass is 35.5. The first-order chi connectivity index (χ1) is 10.1. The van der Waals surface area contributed by atoms with E-state index in [4.69, 9.17) is 4.74 Å². The second kappa shape index (κ2) is 7.34. The van der Waals surface area contributed by atoms with Crippen LogP contribution in [0.1, 0.15) is 19.4 Å². The molecular formula is C17H25ClN2O2. The van der Waals surface area contributed by atoms with Gasteiger partial charge in [-0.1, -0.05) is 18.2 Å². The van der Waals surface area contributed by atoms with E-state index in [0.29, 0.717) is 18.3 Å². The van der Waals surface area contributed by atoms with Crippen molar-refractivity contribution >= 4 is 18.3 Å². The van der Waals surface area contributed by atoms with Gasteiger partial charge in [0.25, 0.3) is 0 Å². The normalized spacial score (nSPS) is 23.3. The summed E-state index contributed by atoms with van der Waals surface area (Å²) in [6.07, 6.45) is 0.564. The summed E-state index contributed by atoms with van der Waals surface area (Å²) in [5.74, 6) is 2.36. The van der Waals surface area contributed by atoms with Gasteiger partial charge < -0.3 is 15.0 Å². The molecule has 2 fully saturated rings. The van der Waals surface area contributed by atoms with Crippen molar-refractivity contribution in [1.82, 2.24) is 10.2 Å². The molecule has 2 saturated heterocycles. The molecule has 0 unspecified atom stereocenters. The molecule has 2 heterocycles. The Morgan fingerprint density at radius 1 is 1.27 bits per heavy atom. The zero-order chi connectivity index (χ0) is 14.8. The molecule has 122 valence electrons.